The first-order valence-corrected chi connectivity index (χ1v) is 5.17. The minimum Gasteiger partial charge on any atom is -0.385 e. The molecule has 62 valence electrons. The summed E-state index contributed by atoms with van der Waals surface area (Å²) in [6.45, 7) is 1.18. The Balaban J connectivity index is 2.14. The fourth-order valence-electron chi connectivity index (χ4n) is 2.10. The largest absolute Gasteiger partial charge is 0.385 e. The van der Waals surface area contributed by atoms with Crippen molar-refractivity contribution in [2.24, 2.45) is 5.92 Å². The summed E-state index contributed by atoms with van der Waals surface area (Å²) in [6, 6.07) is 6.54. The minimum absolute atomic E-state index is 0.860. The third-order valence-corrected chi connectivity index (χ3v) is 3.38. The van der Waals surface area contributed by atoms with Crippen molar-refractivity contribution in [1.82, 2.24) is 0 Å². The fourth-order valence-corrected chi connectivity index (χ4v) is 2.48. The molecule has 1 fully saturated rings. The normalized spacial score (nSPS) is 30.1. The first kappa shape index (κ1) is 6.96. The number of fused-ring (bicyclic) bond motifs is 3. The van der Waals surface area contributed by atoms with Gasteiger partial charge in [0.2, 0.25) is 0 Å². The second kappa shape index (κ2) is 2.25. The smallest absolute Gasteiger partial charge is 0.0376 e. The van der Waals surface area contributed by atoms with Gasteiger partial charge in [-0.3, -0.25) is 0 Å². The van der Waals surface area contributed by atoms with E-state index in [9.17, 15) is 0 Å². The topological polar surface area (TPSA) is 12.0 Å². The SMILES string of the molecule is Brc1ccc2c(c1)C1CC1CN2. The predicted octanol–water partition coefficient (Wildman–Crippen LogP) is 2.98. The Hall–Kier alpha value is -0.500. The van der Waals surface area contributed by atoms with Gasteiger partial charge in [0.25, 0.3) is 0 Å². The minimum atomic E-state index is 0.860. The molecule has 2 aliphatic rings. The van der Waals surface area contributed by atoms with Gasteiger partial charge in [0, 0.05) is 16.7 Å². The molecular weight excluding hydrogens is 214 g/mol. The van der Waals surface area contributed by atoms with Crippen molar-refractivity contribution in [3.63, 3.8) is 0 Å². The molecule has 1 aromatic rings. The monoisotopic (exact) mass is 223 g/mol. The van der Waals surface area contributed by atoms with Crippen LogP contribution in [-0.2, 0) is 0 Å². The van der Waals surface area contributed by atoms with Crippen molar-refractivity contribution in [1.29, 1.82) is 0 Å². The van der Waals surface area contributed by atoms with Crippen molar-refractivity contribution in [3.8, 4) is 0 Å². The van der Waals surface area contributed by atoms with E-state index in [-0.39, 0.29) is 0 Å². The van der Waals surface area contributed by atoms with E-state index in [4.69, 9.17) is 0 Å². The maximum absolute atomic E-state index is 3.51. The lowest BCUT2D eigenvalue weighted by Gasteiger charge is -2.17. The van der Waals surface area contributed by atoms with Crippen LogP contribution in [0.5, 0.6) is 0 Å². The van der Waals surface area contributed by atoms with E-state index in [0.29, 0.717) is 0 Å². The number of hydrogen-bond donors (Lipinski definition) is 1. The lowest BCUT2D eigenvalue weighted by atomic mass is 10.0. The Kier molecular flexibility index (Phi) is 1.31. The molecule has 1 N–H and O–H groups in total. The summed E-state index contributed by atoms with van der Waals surface area (Å²) in [5.41, 5.74) is 2.86. The van der Waals surface area contributed by atoms with Crippen LogP contribution in [0, 0.1) is 5.92 Å². The Bertz CT molecular complexity index is 335. The molecule has 0 spiro atoms. The Morgan fingerprint density at radius 1 is 1.42 bits per heavy atom. The summed E-state index contributed by atoms with van der Waals surface area (Å²) in [4.78, 5) is 0. The fraction of sp³-hybridized carbons (Fsp3) is 0.400. The van der Waals surface area contributed by atoms with Gasteiger partial charge in [0.15, 0.2) is 0 Å². The van der Waals surface area contributed by atoms with Crippen LogP contribution in [0.3, 0.4) is 0 Å². The van der Waals surface area contributed by atoms with E-state index in [1.54, 1.807) is 0 Å². The van der Waals surface area contributed by atoms with E-state index in [1.165, 1.54) is 28.7 Å². The van der Waals surface area contributed by atoms with Crippen LogP contribution >= 0.6 is 15.9 Å². The maximum Gasteiger partial charge on any atom is 0.0376 e. The van der Waals surface area contributed by atoms with Gasteiger partial charge in [-0.1, -0.05) is 15.9 Å². The van der Waals surface area contributed by atoms with E-state index >= 15 is 0 Å². The Labute approximate surface area is 80.3 Å². The lowest BCUT2D eigenvalue weighted by molar-refractivity contribution is 0.816. The van der Waals surface area contributed by atoms with Gasteiger partial charge in [-0.15, -0.1) is 0 Å². The van der Waals surface area contributed by atoms with Gasteiger partial charge in [0.1, 0.15) is 0 Å². The van der Waals surface area contributed by atoms with Gasteiger partial charge in [-0.05, 0) is 42.0 Å². The van der Waals surface area contributed by atoms with Crippen LogP contribution in [0.4, 0.5) is 5.69 Å². The zero-order valence-electron chi connectivity index (χ0n) is 6.68. The first-order chi connectivity index (χ1) is 5.84. The molecule has 1 aliphatic heterocycles. The molecule has 2 unspecified atom stereocenters. The molecule has 1 aromatic carbocycles. The predicted molar refractivity (Wildman–Crippen MR) is 53.5 cm³/mol. The first-order valence-electron chi connectivity index (χ1n) is 4.38. The highest BCUT2D eigenvalue weighted by molar-refractivity contribution is 9.10. The molecule has 0 amide bonds. The molecule has 0 saturated heterocycles. The van der Waals surface area contributed by atoms with Crippen molar-refractivity contribution in [3.05, 3.63) is 28.2 Å². The molecule has 1 nitrogen and oxygen atoms in total. The highest BCUT2D eigenvalue weighted by Gasteiger charge is 2.42. The number of halogens is 1. The number of nitrogens with one attached hydrogen (secondary N) is 1. The van der Waals surface area contributed by atoms with Crippen LogP contribution in [0.15, 0.2) is 22.7 Å². The lowest BCUT2D eigenvalue weighted by Crippen LogP contribution is -2.11. The molecular formula is C10H10BrN. The third-order valence-electron chi connectivity index (χ3n) is 2.89. The molecule has 0 radical (unpaired) electrons. The third kappa shape index (κ3) is 0.908. The molecule has 1 aliphatic carbocycles. The van der Waals surface area contributed by atoms with Gasteiger partial charge in [-0.25, -0.2) is 0 Å². The second-order valence-electron chi connectivity index (χ2n) is 3.71. The molecule has 12 heavy (non-hydrogen) atoms. The number of benzene rings is 1. The van der Waals surface area contributed by atoms with E-state index < -0.39 is 0 Å². The summed E-state index contributed by atoms with van der Waals surface area (Å²) >= 11 is 3.51. The molecule has 1 saturated carbocycles. The molecule has 2 heteroatoms. The average Bonchev–Trinajstić information content (AvgIpc) is 2.82. The summed E-state index contributed by atoms with van der Waals surface area (Å²) in [5.74, 6) is 1.78. The van der Waals surface area contributed by atoms with Crippen LogP contribution in [-0.4, -0.2) is 6.54 Å². The van der Waals surface area contributed by atoms with Crippen molar-refractivity contribution in [2.45, 2.75) is 12.3 Å². The van der Waals surface area contributed by atoms with E-state index in [0.717, 1.165) is 11.8 Å². The van der Waals surface area contributed by atoms with Gasteiger partial charge in [0.05, 0.1) is 0 Å². The van der Waals surface area contributed by atoms with Crippen LogP contribution in [0.1, 0.15) is 17.9 Å². The van der Waals surface area contributed by atoms with E-state index in [2.05, 4.69) is 39.4 Å². The average molecular weight is 224 g/mol. The van der Waals surface area contributed by atoms with Gasteiger partial charge < -0.3 is 5.32 Å². The molecule has 2 atom stereocenters. The zero-order chi connectivity index (χ0) is 8.13. The van der Waals surface area contributed by atoms with Gasteiger partial charge >= 0.3 is 0 Å². The van der Waals surface area contributed by atoms with Crippen LogP contribution in [0.25, 0.3) is 0 Å². The number of hydrogen-bond acceptors (Lipinski definition) is 1. The maximum atomic E-state index is 3.51. The second-order valence-corrected chi connectivity index (χ2v) is 4.63. The molecule has 1 heterocycles. The van der Waals surface area contributed by atoms with Gasteiger partial charge in [-0.2, -0.15) is 0 Å². The Morgan fingerprint density at radius 2 is 2.33 bits per heavy atom. The zero-order valence-corrected chi connectivity index (χ0v) is 8.26. The van der Waals surface area contributed by atoms with Crippen LogP contribution < -0.4 is 5.32 Å². The molecule has 0 bridgehead atoms. The number of anilines is 1. The summed E-state index contributed by atoms with van der Waals surface area (Å²) in [7, 11) is 0. The summed E-state index contributed by atoms with van der Waals surface area (Å²) < 4.78 is 1.20. The van der Waals surface area contributed by atoms with Crippen LogP contribution in [0.2, 0.25) is 0 Å². The highest BCUT2D eigenvalue weighted by atomic mass is 79.9. The standard InChI is InChI=1S/C10H10BrN/c11-7-1-2-10-9(4-7)8-3-6(8)5-12-10/h1-2,4,6,8,12H,3,5H2. The van der Waals surface area contributed by atoms with E-state index in [1.807, 2.05) is 0 Å². The van der Waals surface area contributed by atoms with Crippen molar-refractivity contribution in [2.75, 3.05) is 11.9 Å². The number of rotatable bonds is 0. The molecule has 0 aromatic heterocycles. The Morgan fingerprint density at radius 3 is 3.25 bits per heavy atom. The summed E-state index contributed by atoms with van der Waals surface area (Å²) in [5, 5.41) is 3.46. The highest BCUT2D eigenvalue weighted by Crippen LogP contribution is 2.53. The van der Waals surface area contributed by atoms with Crippen molar-refractivity contribution >= 4 is 21.6 Å². The van der Waals surface area contributed by atoms with Crippen molar-refractivity contribution < 1.29 is 0 Å². The molecule has 3 rings (SSSR count). The quantitative estimate of drug-likeness (QED) is 0.714. The summed E-state index contributed by atoms with van der Waals surface area (Å²) in [6.07, 6.45) is 1.39.